The zero-order chi connectivity index (χ0) is 31.3. The van der Waals surface area contributed by atoms with Crippen LogP contribution in [0.5, 0.6) is 0 Å². The molecule has 0 aliphatic heterocycles. The quantitative estimate of drug-likeness (QED) is 0.196. The topological polar surface area (TPSA) is 12.9 Å². The number of pyridine rings is 1. The summed E-state index contributed by atoms with van der Waals surface area (Å²) in [7, 11) is 0. The molecule has 0 saturated carbocycles. The second-order valence-corrected chi connectivity index (χ2v) is 15.2. The third kappa shape index (κ3) is 5.60. The highest BCUT2D eigenvalue weighted by Crippen LogP contribution is 2.44. The van der Waals surface area contributed by atoms with Crippen LogP contribution in [0.3, 0.4) is 0 Å². The fourth-order valence-corrected chi connectivity index (χ4v) is 7.52. The Labute approximate surface area is 271 Å². The van der Waals surface area contributed by atoms with Gasteiger partial charge in [0.1, 0.15) is 0 Å². The minimum absolute atomic E-state index is 0.0903. The van der Waals surface area contributed by atoms with Gasteiger partial charge in [-0.25, -0.2) is 0 Å². The van der Waals surface area contributed by atoms with Crippen molar-refractivity contribution in [2.75, 3.05) is 0 Å². The predicted molar refractivity (Wildman–Crippen MR) is 196 cm³/mol. The Morgan fingerprint density at radius 3 is 1.36 bits per heavy atom. The molecule has 2 aromatic heterocycles. The van der Waals surface area contributed by atoms with E-state index in [0.717, 1.165) is 5.56 Å². The summed E-state index contributed by atoms with van der Waals surface area (Å²) in [6.07, 6.45) is 3.74. The fourth-order valence-electron chi connectivity index (χ4n) is 6.15. The zero-order valence-electron chi connectivity index (χ0n) is 27.0. The highest BCUT2D eigenvalue weighted by molar-refractivity contribution is 7.26. The van der Waals surface area contributed by atoms with E-state index in [9.17, 15) is 0 Å². The monoisotopic (exact) mass is 601 g/mol. The molecule has 0 saturated heterocycles. The van der Waals surface area contributed by atoms with Gasteiger partial charge in [0.2, 0.25) is 0 Å². The molecule has 0 aliphatic carbocycles. The van der Waals surface area contributed by atoms with Gasteiger partial charge < -0.3 is 0 Å². The SMILES string of the molecule is CC(C)(C)c1cc(-c2ccc(-c3cccc4c3sc3c(-c5ccc(-c6cccnc6)cc5)cccc34)cc2)cc(C(C)(C)C)c1. The van der Waals surface area contributed by atoms with Gasteiger partial charge in [-0.15, -0.1) is 11.3 Å². The Balaban J connectivity index is 1.28. The summed E-state index contributed by atoms with van der Waals surface area (Å²) in [6, 6.07) is 42.8. The number of thiophene rings is 1. The van der Waals surface area contributed by atoms with Gasteiger partial charge in [-0.2, -0.15) is 0 Å². The molecule has 7 rings (SSSR count). The Hall–Kier alpha value is -4.53. The van der Waals surface area contributed by atoms with E-state index in [1.807, 2.05) is 29.8 Å². The van der Waals surface area contributed by atoms with E-state index in [1.54, 1.807) is 0 Å². The summed E-state index contributed by atoms with van der Waals surface area (Å²) in [5.41, 5.74) is 12.9. The van der Waals surface area contributed by atoms with Crippen LogP contribution in [0.15, 0.2) is 128 Å². The molecule has 1 nitrogen and oxygen atoms in total. The van der Waals surface area contributed by atoms with Crippen LogP contribution in [0.2, 0.25) is 0 Å². The lowest BCUT2D eigenvalue weighted by Gasteiger charge is -2.26. The van der Waals surface area contributed by atoms with E-state index in [2.05, 4.69) is 156 Å². The Morgan fingerprint density at radius 2 is 0.911 bits per heavy atom. The van der Waals surface area contributed by atoms with Crippen LogP contribution in [0, 0.1) is 0 Å². The summed E-state index contributed by atoms with van der Waals surface area (Å²) < 4.78 is 2.67. The van der Waals surface area contributed by atoms with E-state index in [0.29, 0.717) is 0 Å². The van der Waals surface area contributed by atoms with Gasteiger partial charge in [0.05, 0.1) is 0 Å². The maximum atomic E-state index is 4.29. The molecule has 0 N–H and O–H groups in total. The Morgan fingerprint density at radius 1 is 0.444 bits per heavy atom. The van der Waals surface area contributed by atoms with Gasteiger partial charge in [0.15, 0.2) is 0 Å². The molecule has 45 heavy (non-hydrogen) atoms. The first-order valence-electron chi connectivity index (χ1n) is 15.8. The first-order valence-corrected chi connectivity index (χ1v) is 16.6. The van der Waals surface area contributed by atoms with Crippen molar-refractivity contribution in [1.82, 2.24) is 4.98 Å². The van der Waals surface area contributed by atoms with Gasteiger partial charge in [-0.3, -0.25) is 4.98 Å². The third-order valence-electron chi connectivity index (χ3n) is 8.91. The Bertz CT molecular complexity index is 2100. The van der Waals surface area contributed by atoms with Crippen LogP contribution < -0.4 is 0 Å². The molecule has 0 amide bonds. The standard InChI is InChI=1S/C43H39NS/c1-42(2,3)34-24-33(25-35(26-34)43(4,5)6)29-17-21-31(22-18-29)37-12-8-14-39-38-13-7-11-36(40(38)45-41(37)39)30-19-15-28(16-20-30)32-10-9-23-44-27-32/h7-27H,1-6H3. The van der Waals surface area contributed by atoms with Crippen molar-refractivity contribution in [3.05, 3.63) is 139 Å². The van der Waals surface area contributed by atoms with Crippen molar-refractivity contribution in [1.29, 1.82) is 0 Å². The van der Waals surface area contributed by atoms with Crippen LogP contribution >= 0.6 is 11.3 Å². The minimum atomic E-state index is 0.0903. The number of hydrogen-bond donors (Lipinski definition) is 0. The third-order valence-corrected chi connectivity index (χ3v) is 10.2. The van der Waals surface area contributed by atoms with Crippen LogP contribution in [-0.2, 0) is 10.8 Å². The normalized spacial score (nSPS) is 12.2. The number of benzene rings is 5. The molecule has 0 unspecified atom stereocenters. The van der Waals surface area contributed by atoms with Crippen molar-refractivity contribution < 1.29 is 0 Å². The van der Waals surface area contributed by atoms with Gasteiger partial charge >= 0.3 is 0 Å². The summed E-state index contributed by atoms with van der Waals surface area (Å²) >= 11 is 1.91. The van der Waals surface area contributed by atoms with Crippen LogP contribution in [0.4, 0.5) is 0 Å². The van der Waals surface area contributed by atoms with Crippen molar-refractivity contribution in [3.63, 3.8) is 0 Å². The lowest BCUT2D eigenvalue weighted by atomic mass is 9.79. The van der Waals surface area contributed by atoms with Crippen LogP contribution in [0.25, 0.3) is 64.7 Å². The van der Waals surface area contributed by atoms with Crippen molar-refractivity contribution in [2.45, 2.75) is 52.4 Å². The van der Waals surface area contributed by atoms with Crippen molar-refractivity contribution in [2.24, 2.45) is 0 Å². The number of nitrogens with zero attached hydrogens (tertiary/aromatic N) is 1. The zero-order valence-corrected chi connectivity index (χ0v) is 27.8. The first-order chi connectivity index (χ1) is 21.6. The van der Waals surface area contributed by atoms with E-state index < -0.39 is 0 Å². The second kappa shape index (κ2) is 11.1. The number of rotatable bonds is 4. The lowest BCUT2D eigenvalue weighted by molar-refractivity contribution is 0.569. The smallest absolute Gasteiger partial charge is 0.0434 e. The van der Waals surface area contributed by atoms with Gasteiger partial charge in [0, 0.05) is 32.6 Å². The molecule has 0 fully saturated rings. The summed E-state index contributed by atoms with van der Waals surface area (Å²) in [5, 5.41) is 2.63. The lowest BCUT2D eigenvalue weighted by Crippen LogP contribution is -2.16. The highest BCUT2D eigenvalue weighted by atomic mass is 32.1. The maximum absolute atomic E-state index is 4.29. The summed E-state index contributed by atoms with van der Waals surface area (Å²) in [4.78, 5) is 4.29. The molecule has 5 aromatic carbocycles. The average Bonchev–Trinajstić information content (AvgIpc) is 3.44. The molecule has 0 spiro atoms. The van der Waals surface area contributed by atoms with Gasteiger partial charge in [-0.1, -0.05) is 151 Å². The number of fused-ring (bicyclic) bond motifs is 3. The fraction of sp³-hybridized carbons (Fsp3) is 0.186. The second-order valence-electron chi connectivity index (χ2n) is 14.2. The van der Waals surface area contributed by atoms with E-state index in [4.69, 9.17) is 0 Å². The largest absolute Gasteiger partial charge is 0.264 e. The van der Waals surface area contributed by atoms with Crippen molar-refractivity contribution in [3.8, 4) is 44.5 Å². The van der Waals surface area contributed by atoms with Crippen LogP contribution in [0.1, 0.15) is 52.7 Å². The molecule has 0 aliphatic rings. The molecule has 2 heterocycles. The molecule has 0 atom stereocenters. The summed E-state index contributed by atoms with van der Waals surface area (Å²) in [5.74, 6) is 0. The first kappa shape index (κ1) is 29.2. The molecule has 2 heteroatoms. The molecule has 7 aromatic rings. The minimum Gasteiger partial charge on any atom is -0.264 e. The molecular formula is C43H39NS. The highest BCUT2D eigenvalue weighted by Gasteiger charge is 2.21. The van der Waals surface area contributed by atoms with E-state index in [-0.39, 0.29) is 10.8 Å². The van der Waals surface area contributed by atoms with Gasteiger partial charge in [-0.05, 0) is 72.5 Å². The molecule has 0 radical (unpaired) electrons. The van der Waals surface area contributed by atoms with Crippen LogP contribution in [-0.4, -0.2) is 4.98 Å². The molecule has 222 valence electrons. The van der Waals surface area contributed by atoms with E-state index in [1.165, 1.54) is 70.2 Å². The average molecular weight is 602 g/mol. The number of aromatic nitrogens is 1. The van der Waals surface area contributed by atoms with Gasteiger partial charge in [0.25, 0.3) is 0 Å². The molecular weight excluding hydrogens is 563 g/mol. The van der Waals surface area contributed by atoms with Crippen molar-refractivity contribution >= 4 is 31.5 Å². The maximum Gasteiger partial charge on any atom is 0.0434 e. The number of hydrogen-bond acceptors (Lipinski definition) is 2. The van der Waals surface area contributed by atoms with E-state index >= 15 is 0 Å². The predicted octanol–water partition coefficient (Wildman–Crippen LogP) is 12.7. The molecule has 0 bridgehead atoms. The summed E-state index contributed by atoms with van der Waals surface area (Å²) in [6.45, 7) is 13.8. The Kier molecular flexibility index (Phi) is 7.22.